The lowest BCUT2D eigenvalue weighted by Crippen LogP contribution is -2.61. The number of nitrogens with zero attached hydrogens (tertiary/aromatic N) is 1. The van der Waals surface area contributed by atoms with Gasteiger partial charge in [0.2, 0.25) is 5.91 Å². The van der Waals surface area contributed by atoms with Crippen LogP contribution in [0, 0.1) is 5.41 Å². The molecule has 5 nitrogen and oxygen atoms in total. The minimum absolute atomic E-state index is 0.0374. The molecule has 0 aromatic rings. The van der Waals surface area contributed by atoms with Crippen LogP contribution in [0.5, 0.6) is 0 Å². The molecule has 2 fully saturated rings. The summed E-state index contributed by atoms with van der Waals surface area (Å²) < 4.78 is 0. The van der Waals surface area contributed by atoms with E-state index in [0.717, 1.165) is 57.1 Å². The topological polar surface area (TPSA) is 78.8 Å². The summed E-state index contributed by atoms with van der Waals surface area (Å²) in [6.45, 7) is 0. The first-order chi connectivity index (χ1) is 10.1. The van der Waals surface area contributed by atoms with Crippen LogP contribution < -0.4 is 5.32 Å². The normalized spacial score (nSPS) is 31.2. The van der Waals surface area contributed by atoms with Crippen molar-refractivity contribution in [3.8, 4) is 0 Å². The second-order valence-electron chi connectivity index (χ2n) is 6.79. The molecule has 0 aromatic carbocycles. The third-order valence-corrected chi connectivity index (χ3v) is 5.40. The number of rotatable bonds is 3. The number of carboxylic acids is 1. The van der Waals surface area contributed by atoms with Gasteiger partial charge in [-0.05, 0) is 51.4 Å². The predicted octanol–water partition coefficient (Wildman–Crippen LogP) is 2.64. The van der Waals surface area contributed by atoms with Gasteiger partial charge in [-0.2, -0.15) is 0 Å². The molecule has 5 heteroatoms. The summed E-state index contributed by atoms with van der Waals surface area (Å²) in [7, 11) is 0. The molecule has 1 heterocycles. The summed E-state index contributed by atoms with van der Waals surface area (Å²) in [6, 6.07) is 0. The molecule has 2 N–H and O–H groups in total. The fourth-order valence-corrected chi connectivity index (χ4v) is 4.20. The van der Waals surface area contributed by atoms with Crippen molar-refractivity contribution in [3.05, 3.63) is 0 Å². The molecule has 1 aliphatic heterocycles. The molecule has 21 heavy (non-hydrogen) atoms. The summed E-state index contributed by atoms with van der Waals surface area (Å²) >= 11 is 0. The van der Waals surface area contributed by atoms with Crippen LogP contribution in [0.3, 0.4) is 0 Å². The molecule has 0 aromatic heterocycles. The van der Waals surface area contributed by atoms with Crippen LogP contribution in [0.1, 0.15) is 70.6 Å². The Labute approximate surface area is 125 Å². The van der Waals surface area contributed by atoms with Crippen molar-refractivity contribution in [2.45, 2.75) is 76.3 Å². The molecule has 3 aliphatic rings. The van der Waals surface area contributed by atoms with Crippen LogP contribution >= 0.6 is 0 Å². The van der Waals surface area contributed by atoms with Gasteiger partial charge in [0.1, 0.15) is 5.66 Å². The highest BCUT2D eigenvalue weighted by atomic mass is 16.4. The molecule has 116 valence electrons. The molecule has 3 rings (SSSR count). The van der Waals surface area contributed by atoms with Crippen molar-refractivity contribution in [3.63, 3.8) is 0 Å². The van der Waals surface area contributed by atoms with E-state index in [0.29, 0.717) is 6.42 Å². The van der Waals surface area contributed by atoms with E-state index < -0.39 is 11.4 Å². The standard InChI is InChI=1S/C16H24N2O3/c19-13(20)7-11-15-8-5-2-6-12(15)17-16(18-14(15)21)9-3-1-4-10-16/h1-11H2,(H,18,21)(H,19,20)/t15-/m0/s1. The van der Waals surface area contributed by atoms with E-state index in [1.54, 1.807) is 0 Å². The van der Waals surface area contributed by atoms with Crippen molar-refractivity contribution < 1.29 is 14.7 Å². The van der Waals surface area contributed by atoms with Crippen molar-refractivity contribution in [2.75, 3.05) is 0 Å². The molecule has 0 radical (unpaired) electrons. The number of nitrogens with one attached hydrogen (secondary N) is 1. The Kier molecular flexibility index (Phi) is 3.76. The van der Waals surface area contributed by atoms with Gasteiger partial charge in [-0.1, -0.05) is 12.8 Å². The van der Waals surface area contributed by atoms with E-state index in [1.807, 2.05) is 0 Å². The van der Waals surface area contributed by atoms with E-state index in [1.165, 1.54) is 6.42 Å². The van der Waals surface area contributed by atoms with E-state index in [2.05, 4.69) is 5.32 Å². The smallest absolute Gasteiger partial charge is 0.303 e. The van der Waals surface area contributed by atoms with E-state index in [4.69, 9.17) is 10.1 Å². The highest BCUT2D eigenvalue weighted by Gasteiger charge is 2.51. The first kappa shape index (κ1) is 14.5. The maximum atomic E-state index is 12.9. The van der Waals surface area contributed by atoms with Crippen molar-refractivity contribution >= 4 is 17.6 Å². The van der Waals surface area contributed by atoms with Gasteiger partial charge in [0, 0.05) is 12.1 Å². The highest BCUT2D eigenvalue weighted by Crippen LogP contribution is 2.44. The van der Waals surface area contributed by atoms with Crippen molar-refractivity contribution in [1.29, 1.82) is 0 Å². The average Bonchev–Trinajstić information content (AvgIpc) is 2.46. The number of hydrogen-bond acceptors (Lipinski definition) is 3. The zero-order chi connectivity index (χ0) is 14.9. The number of aliphatic carboxylic acids is 1. The summed E-state index contributed by atoms with van der Waals surface area (Å²) in [5, 5.41) is 12.2. The monoisotopic (exact) mass is 292 g/mol. The number of hydrogen-bond donors (Lipinski definition) is 2. The first-order valence-corrected chi connectivity index (χ1v) is 8.20. The van der Waals surface area contributed by atoms with Crippen molar-refractivity contribution in [2.24, 2.45) is 10.4 Å². The highest BCUT2D eigenvalue weighted by molar-refractivity contribution is 6.11. The van der Waals surface area contributed by atoms with Gasteiger partial charge in [-0.15, -0.1) is 0 Å². The average molecular weight is 292 g/mol. The lowest BCUT2D eigenvalue weighted by Gasteiger charge is -2.47. The van der Waals surface area contributed by atoms with Crippen LogP contribution in [-0.4, -0.2) is 28.4 Å². The number of aliphatic imine (C=N–C) groups is 1. The molecule has 2 saturated carbocycles. The Balaban J connectivity index is 1.92. The third-order valence-electron chi connectivity index (χ3n) is 5.40. The number of amides is 1. The minimum Gasteiger partial charge on any atom is -0.481 e. The molecular formula is C16H24N2O3. The fraction of sp³-hybridized carbons (Fsp3) is 0.812. The van der Waals surface area contributed by atoms with Crippen LogP contribution in [0.4, 0.5) is 0 Å². The van der Waals surface area contributed by atoms with Crippen LogP contribution in [0.15, 0.2) is 4.99 Å². The van der Waals surface area contributed by atoms with E-state index in [-0.39, 0.29) is 18.0 Å². The minimum atomic E-state index is -0.833. The second-order valence-corrected chi connectivity index (χ2v) is 6.79. The number of carboxylic acid groups (broad SMARTS) is 1. The Hall–Kier alpha value is -1.39. The van der Waals surface area contributed by atoms with Crippen LogP contribution in [0.25, 0.3) is 0 Å². The van der Waals surface area contributed by atoms with Gasteiger partial charge in [-0.25, -0.2) is 0 Å². The zero-order valence-electron chi connectivity index (χ0n) is 12.5. The molecule has 1 atom stereocenters. The first-order valence-electron chi connectivity index (χ1n) is 8.20. The molecule has 2 aliphatic carbocycles. The summed E-state index contributed by atoms with van der Waals surface area (Å²) in [5.74, 6) is -0.796. The quantitative estimate of drug-likeness (QED) is 0.839. The lowest BCUT2D eigenvalue weighted by molar-refractivity contribution is -0.138. The van der Waals surface area contributed by atoms with Crippen molar-refractivity contribution in [1.82, 2.24) is 5.32 Å². The Morgan fingerprint density at radius 2 is 1.86 bits per heavy atom. The van der Waals surface area contributed by atoms with Gasteiger partial charge >= 0.3 is 5.97 Å². The maximum Gasteiger partial charge on any atom is 0.303 e. The van der Waals surface area contributed by atoms with Gasteiger partial charge < -0.3 is 10.4 Å². The lowest BCUT2D eigenvalue weighted by atomic mass is 9.66. The van der Waals surface area contributed by atoms with Gasteiger partial charge in [0.05, 0.1) is 5.41 Å². The van der Waals surface area contributed by atoms with Crippen LogP contribution in [-0.2, 0) is 9.59 Å². The largest absolute Gasteiger partial charge is 0.481 e. The number of fused-ring (bicyclic) bond motifs is 1. The molecule has 0 bridgehead atoms. The molecule has 1 spiro atoms. The van der Waals surface area contributed by atoms with E-state index in [9.17, 15) is 9.59 Å². The Morgan fingerprint density at radius 1 is 1.14 bits per heavy atom. The summed E-state index contributed by atoms with van der Waals surface area (Å²) in [6.07, 6.45) is 9.38. The Bertz CT molecular complexity index is 480. The summed E-state index contributed by atoms with van der Waals surface area (Å²) in [5.41, 5.74) is -0.0331. The maximum absolute atomic E-state index is 12.9. The number of carbonyl (C=O) groups excluding carboxylic acids is 1. The Morgan fingerprint density at radius 3 is 2.57 bits per heavy atom. The SMILES string of the molecule is O=C(O)CC[C@@]12CCCCC1=NC1(CCCCC1)NC2=O. The number of carbonyl (C=O) groups is 2. The van der Waals surface area contributed by atoms with Gasteiger partial charge in [0.25, 0.3) is 0 Å². The molecule has 0 unspecified atom stereocenters. The van der Waals surface area contributed by atoms with Crippen LogP contribution in [0.2, 0.25) is 0 Å². The molecule has 0 saturated heterocycles. The van der Waals surface area contributed by atoms with E-state index >= 15 is 0 Å². The molecular weight excluding hydrogens is 268 g/mol. The second kappa shape index (κ2) is 5.43. The molecule has 1 amide bonds. The fourth-order valence-electron chi connectivity index (χ4n) is 4.20. The summed E-state index contributed by atoms with van der Waals surface area (Å²) in [4.78, 5) is 28.8. The zero-order valence-corrected chi connectivity index (χ0v) is 12.5. The third kappa shape index (κ3) is 2.58. The predicted molar refractivity (Wildman–Crippen MR) is 79.2 cm³/mol. The van der Waals surface area contributed by atoms with Gasteiger partial charge in [0.15, 0.2) is 0 Å². The van der Waals surface area contributed by atoms with Gasteiger partial charge in [-0.3, -0.25) is 14.6 Å².